The summed E-state index contributed by atoms with van der Waals surface area (Å²) >= 11 is 7.25. The van der Waals surface area contributed by atoms with E-state index < -0.39 is 11.9 Å². The molecule has 2 aromatic heterocycles. The molecule has 33 heavy (non-hydrogen) atoms. The Morgan fingerprint density at radius 3 is 2.58 bits per heavy atom. The van der Waals surface area contributed by atoms with E-state index in [2.05, 4.69) is 10.4 Å². The van der Waals surface area contributed by atoms with E-state index in [-0.39, 0.29) is 6.61 Å². The molecular weight excluding hydrogens is 458 g/mol. The molecule has 0 atom stereocenters. The molecule has 1 N–H and O–H groups in total. The lowest BCUT2D eigenvalue weighted by Crippen LogP contribution is -2.20. The Hall–Kier alpha value is -3.68. The number of carbonyl (C=O) groups excluding carboxylic acids is 2. The summed E-state index contributed by atoms with van der Waals surface area (Å²) in [6, 6.07) is 22.6. The Morgan fingerprint density at radius 1 is 1.03 bits per heavy atom. The average molecular weight is 476 g/mol. The molecule has 6 nitrogen and oxygen atoms in total. The number of ether oxygens (including phenoxy) is 1. The maximum atomic E-state index is 12.6. The molecule has 0 saturated carbocycles. The number of aromatic nitrogens is 2. The first-order chi connectivity index (χ1) is 16.0. The van der Waals surface area contributed by atoms with Gasteiger partial charge in [0.2, 0.25) is 0 Å². The van der Waals surface area contributed by atoms with Gasteiger partial charge in [0.1, 0.15) is 9.71 Å². The largest absolute Gasteiger partial charge is 0.451 e. The molecule has 2 heterocycles. The summed E-state index contributed by atoms with van der Waals surface area (Å²) in [5.41, 5.74) is 2.29. The van der Waals surface area contributed by atoms with Crippen molar-refractivity contribution >= 4 is 61.5 Å². The average Bonchev–Trinajstić information content (AvgIpc) is 3.39. The second kappa shape index (κ2) is 8.69. The van der Waals surface area contributed by atoms with E-state index >= 15 is 0 Å². The molecule has 1 amide bonds. The van der Waals surface area contributed by atoms with E-state index in [9.17, 15) is 9.59 Å². The van der Waals surface area contributed by atoms with E-state index in [0.717, 1.165) is 32.4 Å². The topological polar surface area (TPSA) is 73.2 Å². The van der Waals surface area contributed by atoms with Crippen LogP contribution in [0.25, 0.3) is 26.7 Å². The first-order valence-corrected chi connectivity index (χ1v) is 11.4. The summed E-state index contributed by atoms with van der Waals surface area (Å²) in [4.78, 5) is 26.2. The van der Waals surface area contributed by atoms with E-state index in [4.69, 9.17) is 16.3 Å². The van der Waals surface area contributed by atoms with Crippen LogP contribution in [-0.2, 0) is 9.53 Å². The first kappa shape index (κ1) is 21.2. The molecule has 0 bridgehead atoms. The lowest BCUT2D eigenvalue weighted by atomic mass is 10.1. The van der Waals surface area contributed by atoms with Crippen molar-refractivity contribution in [2.24, 2.45) is 0 Å². The smallest absolute Gasteiger partial charge is 0.348 e. The Bertz CT molecular complexity index is 1500. The number of nitrogens with zero attached hydrogens (tertiary/aromatic N) is 2. The highest BCUT2D eigenvalue weighted by Gasteiger charge is 2.19. The maximum absolute atomic E-state index is 12.6. The standard InChI is InChI=1S/C25H18ClN3O3S/c1-15-21-13-22(33-24(21)29(28-15)20-10-7-18(26)8-11-20)25(31)32-14-23(30)27-19-9-6-16-4-2-3-5-17(16)12-19/h2-13H,14H2,1H3,(H,27,30). The highest BCUT2D eigenvalue weighted by atomic mass is 35.5. The van der Waals surface area contributed by atoms with Gasteiger partial charge < -0.3 is 10.1 Å². The van der Waals surface area contributed by atoms with Crippen molar-refractivity contribution in [2.75, 3.05) is 11.9 Å². The number of fused-ring (bicyclic) bond motifs is 2. The molecule has 3 aromatic carbocycles. The molecule has 0 radical (unpaired) electrons. The Morgan fingerprint density at radius 2 is 1.79 bits per heavy atom. The lowest BCUT2D eigenvalue weighted by molar-refractivity contribution is -0.119. The molecule has 0 aliphatic rings. The van der Waals surface area contributed by atoms with Crippen LogP contribution in [0.15, 0.2) is 72.8 Å². The second-order valence-electron chi connectivity index (χ2n) is 7.49. The van der Waals surface area contributed by atoms with Crippen molar-refractivity contribution in [3.8, 4) is 5.69 Å². The number of amides is 1. The predicted octanol–water partition coefficient (Wildman–Crippen LogP) is 6.00. The third kappa shape index (κ3) is 4.33. The van der Waals surface area contributed by atoms with Crippen LogP contribution in [0.3, 0.4) is 0 Å². The van der Waals surface area contributed by atoms with Crippen molar-refractivity contribution in [3.63, 3.8) is 0 Å². The number of hydrogen-bond donors (Lipinski definition) is 1. The predicted molar refractivity (Wildman–Crippen MR) is 132 cm³/mol. The number of thiophene rings is 1. The second-order valence-corrected chi connectivity index (χ2v) is 8.96. The fraction of sp³-hybridized carbons (Fsp3) is 0.0800. The fourth-order valence-electron chi connectivity index (χ4n) is 3.57. The van der Waals surface area contributed by atoms with Gasteiger partial charge in [-0.3, -0.25) is 4.79 Å². The zero-order chi connectivity index (χ0) is 22.9. The molecule has 0 unspecified atom stereocenters. The van der Waals surface area contributed by atoms with Crippen molar-refractivity contribution < 1.29 is 14.3 Å². The fourth-order valence-corrected chi connectivity index (χ4v) is 4.77. The van der Waals surface area contributed by atoms with Crippen molar-refractivity contribution in [3.05, 3.63) is 88.4 Å². The molecule has 5 aromatic rings. The summed E-state index contributed by atoms with van der Waals surface area (Å²) in [6.07, 6.45) is 0. The molecule has 0 aliphatic carbocycles. The van der Waals surface area contributed by atoms with Crippen LogP contribution in [0.5, 0.6) is 0 Å². The Kier molecular flexibility index (Phi) is 5.58. The summed E-state index contributed by atoms with van der Waals surface area (Å²) in [5.74, 6) is -0.949. The van der Waals surface area contributed by atoms with E-state index in [0.29, 0.717) is 15.6 Å². The molecular formula is C25H18ClN3O3S. The zero-order valence-corrected chi connectivity index (χ0v) is 19.1. The van der Waals surface area contributed by atoms with Gasteiger partial charge >= 0.3 is 5.97 Å². The van der Waals surface area contributed by atoms with Crippen LogP contribution in [0, 0.1) is 6.92 Å². The van der Waals surface area contributed by atoms with Crippen LogP contribution in [-0.4, -0.2) is 28.3 Å². The number of esters is 1. The summed E-state index contributed by atoms with van der Waals surface area (Å²) < 4.78 is 7.03. The van der Waals surface area contributed by atoms with Gasteiger partial charge in [0.05, 0.1) is 11.4 Å². The van der Waals surface area contributed by atoms with E-state index in [1.54, 1.807) is 22.9 Å². The number of anilines is 1. The number of aryl methyl sites for hydroxylation is 1. The van der Waals surface area contributed by atoms with Crippen molar-refractivity contribution in [1.82, 2.24) is 9.78 Å². The Balaban J connectivity index is 1.28. The van der Waals surface area contributed by atoms with Gasteiger partial charge in [0.15, 0.2) is 6.61 Å². The van der Waals surface area contributed by atoms with Crippen molar-refractivity contribution in [1.29, 1.82) is 0 Å². The minimum absolute atomic E-state index is 0.373. The third-order valence-corrected chi connectivity index (χ3v) is 6.53. The van der Waals surface area contributed by atoms with E-state index in [1.165, 1.54) is 11.3 Å². The number of benzene rings is 3. The number of nitrogens with one attached hydrogen (secondary N) is 1. The van der Waals surface area contributed by atoms with Gasteiger partial charge in [0.25, 0.3) is 5.91 Å². The van der Waals surface area contributed by atoms with Gasteiger partial charge in [0, 0.05) is 16.1 Å². The minimum Gasteiger partial charge on any atom is -0.451 e. The lowest BCUT2D eigenvalue weighted by Gasteiger charge is -2.07. The number of hydrogen-bond acceptors (Lipinski definition) is 5. The summed E-state index contributed by atoms with van der Waals surface area (Å²) in [6.45, 7) is 1.51. The highest BCUT2D eigenvalue weighted by molar-refractivity contribution is 7.20. The van der Waals surface area contributed by atoms with Gasteiger partial charge in [-0.2, -0.15) is 5.10 Å². The van der Waals surface area contributed by atoms with Crippen molar-refractivity contribution in [2.45, 2.75) is 6.92 Å². The van der Waals surface area contributed by atoms with Crippen LogP contribution in [0.2, 0.25) is 5.02 Å². The molecule has 5 rings (SSSR count). The van der Waals surface area contributed by atoms with Gasteiger partial charge in [-0.15, -0.1) is 11.3 Å². The van der Waals surface area contributed by atoms with Gasteiger partial charge in [-0.05, 0) is 60.2 Å². The molecule has 8 heteroatoms. The highest BCUT2D eigenvalue weighted by Crippen LogP contribution is 2.31. The first-order valence-electron chi connectivity index (χ1n) is 10.2. The number of halogens is 1. The molecule has 0 aliphatic heterocycles. The van der Waals surface area contributed by atoms with Crippen LogP contribution < -0.4 is 5.32 Å². The van der Waals surface area contributed by atoms with Crippen LogP contribution in [0.4, 0.5) is 5.69 Å². The summed E-state index contributed by atoms with van der Waals surface area (Å²) in [5, 5.41) is 10.9. The Labute approximate surface area is 198 Å². The molecule has 0 fully saturated rings. The van der Waals surface area contributed by atoms with Crippen LogP contribution >= 0.6 is 22.9 Å². The quantitative estimate of drug-likeness (QED) is 0.316. The monoisotopic (exact) mass is 475 g/mol. The van der Waals surface area contributed by atoms with Gasteiger partial charge in [-0.25, -0.2) is 9.48 Å². The van der Waals surface area contributed by atoms with Gasteiger partial charge in [-0.1, -0.05) is 41.9 Å². The van der Waals surface area contributed by atoms with E-state index in [1.807, 2.05) is 61.5 Å². The maximum Gasteiger partial charge on any atom is 0.348 e. The molecule has 0 saturated heterocycles. The number of carbonyl (C=O) groups is 2. The molecule has 0 spiro atoms. The minimum atomic E-state index is -0.549. The number of rotatable bonds is 5. The third-order valence-electron chi connectivity index (χ3n) is 5.18. The van der Waals surface area contributed by atoms with Crippen LogP contribution in [0.1, 0.15) is 15.4 Å². The SMILES string of the molecule is Cc1nn(-c2ccc(Cl)cc2)c2sc(C(=O)OCC(=O)Nc3ccc4ccccc4c3)cc12. The molecule has 164 valence electrons. The normalized spacial score (nSPS) is 11.1. The summed E-state index contributed by atoms with van der Waals surface area (Å²) in [7, 11) is 0. The zero-order valence-electron chi connectivity index (χ0n) is 17.5.